The average Bonchev–Trinajstić information content (AvgIpc) is 2.93. The predicted octanol–water partition coefficient (Wildman–Crippen LogP) is 1.59. The van der Waals surface area contributed by atoms with Gasteiger partial charge in [-0.15, -0.1) is 0 Å². The Labute approximate surface area is 151 Å². The monoisotopic (exact) mass is 347 g/mol. The minimum Gasteiger partial charge on any atom is -0.340 e. The fraction of sp³-hybridized carbons (Fsp3) is 0.789. The summed E-state index contributed by atoms with van der Waals surface area (Å²) in [7, 11) is 2.25. The zero-order valence-corrected chi connectivity index (χ0v) is 16.1. The van der Waals surface area contributed by atoms with Crippen molar-refractivity contribution in [2.75, 3.05) is 46.3 Å². The SMILES string of the molecule is Cc1n[nH]c(C)c1CCC(=O)N1CCN(C[C@H]2CCCCN2C)CC1. The lowest BCUT2D eigenvalue weighted by molar-refractivity contribution is -0.133. The molecule has 0 saturated carbocycles. The third-order valence-electron chi connectivity index (χ3n) is 5.99. The molecule has 1 atom stereocenters. The highest BCUT2D eigenvalue weighted by atomic mass is 16.2. The Morgan fingerprint density at radius 3 is 2.56 bits per heavy atom. The Hall–Kier alpha value is -1.40. The van der Waals surface area contributed by atoms with E-state index in [4.69, 9.17) is 0 Å². The van der Waals surface area contributed by atoms with Crippen LogP contribution in [0.5, 0.6) is 0 Å². The molecule has 1 aromatic rings. The summed E-state index contributed by atoms with van der Waals surface area (Å²) in [6.07, 6.45) is 5.40. The normalized spacial score (nSPS) is 23.2. The van der Waals surface area contributed by atoms with Gasteiger partial charge in [-0.05, 0) is 52.3 Å². The molecule has 0 bridgehead atoms. The maximum absolute atomic E-state index is 12.5. The molecule has 0 aliphatic carbocycles. The number of hydrogen-bond acceptors (Lipinski definition) is 4. The first-order valence-electron chi connectivity index (χ1n) is 9.75. The number of hydrogen-bond donors (Lipinski definition) is 1. The minimum atomic E-state index is 0.287. The number of nitrogens with zero attached hydrogens (tertiary/aromatic N) is 4. The van der Waals surface area contributed by atoms with Gasteiger partial charge >= 0.3 is 0 Å². The number of carbonyl (C=O) groups is 1. The third kappa shape index (κ3) is 4.61. The van der Waals surface area contributed by atoms with Gasteiger partial charge in [0.2, 0.25) is 5.91 Å². The fourth-order valence-electron chi connectivity index (χ4n) is 4.19. The van der Waals surface area contributed by atoms with Crippen LogP contribution < -0.4 is 0 Å². The topological polar surface area (TPSA) is 55.5 Å². The van der Waals surface area contributed by atoms with Crippen molar-refractivity contribution in [1.29, 1.82) is 0 Å². The molecule has 1 aromatic heterocycles. The number of nitrogens with one attached hydrogen (secondary N) is 1. The van der Waals surface area contributed by atoms with E-state index in [2.05, 4.69) is 27.0 Å². The van der Waals surface area contributed by atoms with E-state index in [0.717, 1.165) is 50.5 Å². The summed E-state index contributed by atoms with van der Waals surface area (Å²) in [4.78, 5) is 19.6. The van der Waals surface area contributed by atoms with Crippen LogP contribution in [0.15, 0.2) is 0 Å². The van der Waals surface area contributed by atoms with Crippen molar-refractivity contribution in [2.45, 2.75) is 52.0 Å². The van der Waals surface area contributed by atoms with Gasteiger partial charge in [-0.3, -0.25) is 14.8 Å². The van der Waals surface area contributed by atoms with E-state index in [0.29, 0.717) is 12.5 Å². The highest BCUT2D eigenvalue weighted by Gasteiger charge is 2.25. The molecule has 140 valence electrons. The van der Waals surface area contributed by atoms with Crippen LogP contribution in [-0.4, -0.2) is 83.2 Å². The summed E-state index contributed by atoms with van der Waals surface area (Å²) >= 11 is 0. The largest absolute Gasteiger partial charge is 0.340 e. The number of carbonyl (C=O) groups excluding carboxylic acids is 1. The first-order valence-corrected chi connectivity index (χ1v) is 9.75. The molecule has 3 heterocycles. The summed E-state index contributed by atoms with van der Waals surface area (Å²) in [5.41, 5.74) is 3.31. The average molecular weight is 348 g/mol. The summed E-state index contributed by atoms with van der Waals surface area (Å²) in [5.74, 6) is 0.287. The molecule has 0 unspecified atom stereocenters. The molecule has 6 nitrogen and oxygen atoms in total. The Balaban J connectivity index is 1.41. The lowest BCUT2D eigenvalue weighted by Crippen LogP contribution is -2.53. The van der Waals surface area contributed by atoms with Crippen molar-refractivity contribution in [1.82, 2.24) is 24.9 Å². The second-order valence-corrected chi connectivity index (χ2v) is 7.72. The van der Waals surface area contributed by atoms with Crippen molar-refractivity contribution >= 4 is 5.91 Å². The first kappa shape index (κ1) is 18.4. The molecule has 0 spiro atoms. The number of piperazine rings is 1. The van der Waals surface area contributed by atoms with Gasteiger partial charge in [-0.25, -0.2) is 0 Å². The fourth-order valence-corrected chi connectivity index (χ4v) is 4.19. The predicted molar refractivity (Wildman–Crippen MR) is 99.7 cm³/mol. The van der Waals surface area contributed by atoms with Crippen LogP contribution in [0.4, 0.5) is 0 Å². The number of aryl methyl sites for hydroxylation is 2. The van der Waals surface area contributed by atoms with Gasteiger partial charge in [-0.1, -0.05) is 6.42 Å². The molecule has 3 rings (SSSR count). The molecule has 2 fully saturated rings. The third-order valence-corrected chi connectivity index (χ3v) is 5.99. The van der Waals surface area contributed by atoms with E-state index >= 15 is 0 Å². The van der Waals surface area contributed by atoms with Gasteiger partial charge in [0.15, 0.2) is 0 Å². The Kier molecular flexibility index (Phi) is 6.12. The molecule has 0 radical (unpaired) electrons. The Morgan fingerprint density at radius 1 is 1.16 bits per heavy atom. The lowest BCUT2D eigenvalue weighted by atomic mass is 10.0. The molecule has 2 saturated heterocycles. The van der Waals surface area contributed by atoms with Crippen LogP contribution >= 0.6 is 0 Å². The van der Waals surface area contributed by atoms with Gasteiger partial charge in [0.1, 0.15) is 0 Å². The second-order valence-electron chi connectivity index (χ2n) is 7.72. The molecular weight excluding hydrogens is 314 g/mol. The van der Waals surface area contributed by atoms with Crippen LogP contribution in [0.1, 0.15) is 42.6 Å². The van der Waals surface area contributed by atoms with Crippen molar-refractivity contribution in [2.24, 2.45) is 0 Å². The number of aromatic amines is 1. The molecular formula is C19H33N5O. The highest BCUT2D eigenvalue weighted by Crippen LogP contribution is 2.17. The standard InChI is InChI=1S/C19H33N5O/c1-15-18(16(2)21-20-15)7-8-19(25)24-12-10-23(11-13-24)14-17-6-4-5-9-22(17)3/h17H,4-14H2,1-3H3,(H,20,21)/t17-/m1/s1. The maximum Gasteiger partial charge on any atom is 0.222 e. The quantitative estimate of drug-likeness (QED) is 0.879. The van der Waals surface area contributed by atoms with Gasteiger partial charge in [0.05, 0.1) is 5.69 Å². The molecule has 2 aliphatic heterocycles. The van der Waals surface area contributed by atoms with Crippen molar-refractivity contribution in [3.8, 4) is 0 Å². The van der Waals surface area contributed by atoms with Crippen LogP contribution in [0, 0.1) is 13.8 Å². The second kappa shape index (κ2) is 8.32. The van der Waals surface area contributed by atoms with E-state index in [1.54, 1.807) is 0 Å². The van der Waals surface area contributed by atoms with Crippen LogP contribution in [-0.2, 0) is 11.2 Å². The van der Waals surface area contributed by atoms with E-state index in [1.165, 1.54) is 31.4 Å². The highest BCUT2D eigenvalue weighted by molar-refractivity contribution is 5.76. The van der Waals surface area contributed by atoms with Gasteiger partial charge < -0.3 is 9.80 Å². The van der Waals surface area contributed by atoms with E-state index < -0.39 is 0 Å². The molecule has 1 N–H and O–H groups in total. The molecule has 1 amide bonds. The first-order chi connectivity index (χ1) is 12.0. The number of H-pyrrole nitrogens is 1. The zero-order valence-electron chi connectivity index (χ0n) is 16.1. The molecule has 6 heteroatoms. The molecule has 25 heavy (non-hydrogen) atoms. The number of likely N-dealkylation sites (N-methyl/N-ethyl adjacent to an activating group) is 1. The molecule has 2 aliphatic rings. The minimum absolute atomic E-state index is 0.287. The number of piperidine rings is 1. The Bertz CT molecular complexity index is 557. The van der Waals surface area contributed by atoms with E-state index in [1.807, 2.05) is 18.7 Å². The molecule has 0 aromatic carbocycles. The van der Waals surface area contributed by atoms with Crippen LogP contribution in [0.2, 0.25) is 0 Å². The summed E-state index contributed by atoms with van der Waals surface area (Å²) < 4.78 is 0. The maximum atomic E-state index is 12.5. The number of likely N-dealkylation sites (tertiary alicyclic amines) is 1. The summed E-state index contributed by atoms with van der Waals surface area (Å²) in [6.45, 7) is 10.2. The number of rotatable bonds is 5. The van der Waals surface area contributed by atoms with Gasteiger partial charge in [0.25, 0.3) is 0 Å². The van der Waals surface area contributed by atoms with E-state index in [9.17, 15) is 4.79 Å². The summed E-state index contributed by atoms with van der Waals surface area (Å²) in [6, 6.07) is 0.697. The smallest absolute Gasteiger partial charge is 0.222 e. The van der Waals surface area contributed by atoms with Crippen molar-refractivity contribution < 1.29 is 4.79 Å². The lowest BCUT2D eigenvalue weighted by Gasteiger charge is -2.40. The zero-order chi connectivity index (χ0) is 17.8. The van der Waals surface area contributed by atoms with Crippen molar-refractivity contribution in [3.05, 3.63) is 17.0 Å². The number of aromatic nitrogens is 2. The Morgan fingerprint density at radius 2 is 1.92 bits per heavy atom. The van der Waals surface area contributed by atoms with Crippen molar-refractivity contribution in [3.63, 3.8) is 0 Å². The number of amides is 1. The van der Waals surface area contributed by atoms with Crippen LogP contribution in [0.25, 0.3) is 0 Å². The van der Waals surface area contributed by atoms with E-state index in [-0.39, 0.29) is 5.91 Å². The van der Waals surface area contributed by atoms with Gasteiger partial charge in [0, 0.05) is 50.9 Å². The van der Waals surface area contributed by atoms with Crippen LogP contribution in [0.3, 0.4) is 0 Å². The van der Waals surface area contributed by atoms with Gasteiger partial charge in [-0.2, -0.15) is 5.10 Å². The summed E-state index contributed by atoms with van der Waals surface area (Å²) in [5, 5.41) is 7.22.